The molecule has 3 aromatic rings. The summed E-state index contributed by atoms with van der Waals surface area (Å²) in [5.74, 6) is -1.77. The predicted octanol–water partition coefficient (Wildman–Crippen LogP) is 2.45. The van der Waals surface area contributed by atoms with Gasteiger partial charge in [-0.2, -0.15) is 17.6 Å². The van der Waals surface area contributed by atoms with Crippen LogP contribution in [0.2, 0.25) is 0 Å². The standard InChI is InChI=1S/C21H20F4N4O5S/c1-20(5-7-35(32,33)8-6-20)29-15-9-12(16(26)30)11-27-17(15)28(19(29)31)13-3-2-4-14(10-13)34-21(24,25)18(22)23/h2-4,9-11,18H,5-8H2,1H3,(H2,26,30). The molecule has 0 unspecified atom stereocenters. The number of imidazole rings is 1. The molecule has 1 fully saturated rings. The minimum Gasteiger partial charge on any atom is -0.428 e. The minimum absolute atomic E-state index is 0.0101. The highest BCUT2D eigenvalue weighted by molar-refractivity contribution is 7.91. The Balaban J connectivity index is 1.92. The van der Waals surface area contributed by atoms with Crippen molar-refractivity contribution in [2.45, 2.75) is 37.8 Å². The second-order valence-electron chi connectivity index (χ2n) is 8.50. The highest BCUT2D eigenvalue weighted by Crippen LogP contribution is 2.34. The second kappa shape index (κ2) is 8.36. The zero-order valence-electron chi connectivity index (χ0n) is 18.3. The summed E-state index contributed by atoms with van der Waals surface area (Å²) < 4.78 is 82.5. The van der Waals surface area contributed by atoms with Crippen LogP contribution in [-0.4, -0.2) is 52.5 Å². The SMILES string of the molecule is CC1(n2c(=O)n(-c3cccc(OC(F)(F)C(F)F)c3)c3ncc(C(N)=O)cc32)CCS(=O)(=O)CC1. The Labute approximate surface area is 196 Å². The summed E-state index contributed by atoms with van der Waals surface area (Å²) >= 11 is 0. The number of pyridine rings is 1. The van der Waals surface area contributed by atoms with Gasteiger partial charge in [0.05, 0.1) is 28.3 Å². The third-order valence-corrected chi connectivity index (χ3v) is 7.65. The first-order valence-corrected chi connectivity index (χ1v) is 12.2. The summed E-state index contributed by atoms with van der Waals surface area (Å²) in [6, 6.07) is 5.92. The number of carbonyl (C=O) groups excluding carboxylic acids is 1. The van der Waals surface area contributed by atoms with Crippen LogP contribution in [0.1, 0.15) is 30.1 Å². The van der Waals surface area contributed by atoms with Gasteiger partial charge in [-0.25, -0.2) is 22.8 Å². The van der Waals surface area contributed by atoms with Gasteiger partial charge < -0.3 is 10.5 Å². The van der Waals surface area contributed by atoms with E-state index in [1.54, 1.807) is 6.92 Å². The summed E-state index contributed by atoms with van der Waals surface area (Å²) in [7, 11) is -3.29. The van der Waals surface area contributed by atoms with E-state index < -0.39 is 45.3 Å². The first kappa shape index (κ1) is 24.7. The largest absolute Gasteiger partial charge is 0.461 e. The number of alkyl halides is 4. The number of fused-ring (bicyclic) bond motifs is 1. The highest BCUT2D eigenvalue weighted by Gasteiger charge is 2.44. The topological polar surface area (TPSA) is 126 Å². The van der Waals surface area contributed by atoms with Gasteiger partial charge in [0, 0.05) is 17.8 Å². The molecule has 0 radical (unpaired) electrons. The van der Waals surface area contributed by atoms with Crippen LogP contribution in [0.3, 0.4) is 0 Å². The monoisotopic (exact) mass is 516 g/mol. The van der Waals surface area contributed by atoms with Crippen LogP contribution in [0.15, 0.2) is 41.3 Å². The van der Waals surface area contributed by atoms with Gasteiger partial charge in [0.2, 0.25) is 5.91 Å². The summed E-state index contributed by atoms with van der Waals surface area (Å²) in [4.78, 5) is 29.6. The van der Waals surface area contributed by atoms with Crippen molar-refractivity contribution in [1.82, 2.24) is 14.1 Å². The van der Waals surface area contributed by atoms with Gasteiger partial charge in [0.25, 0.3) is 0 Å². The lowest BCUT2D eigenvalue weighted by atomic mass is 9.94. The second-order valence-corrected chi connectivity index (χ2v) is 10.8. The van der Waals surface area contributed by atoms with E-state index in [1.165, 1.54) is 22.8 Å². The number of halogens is 4. The zero-order chi connectivity index (χ0) is 25.8. The van der Waals surface area contributed by atoms with Crippen LogP contribution in [0.5, 0.6) is 5.75 Å². The molecule has 1 saturated heterocycles. The molecule has 2 N–H and O–H groups in total. The summed E-state index contributed by atoms with van der Waals surface area (Å²) in [6.45, 7) is 1.69. The Morgan fingerprint density at radius 2 is 1.89 bits per heavy atom. The van der Waals surface area contributed by atoms with Crippen molar-refractivity contribution in [2.24, 2.45) is 5.73 Å². The third kappa shape index (κ3) is 4.49. The van der Waals surface area contributed by atoms with Gasteiger partial charge in [-0.3, -0.25) is 9.36 Å². The van der Waals surface area contributed by atoms with Crippen molar-refractivity contribution in [2.75, 3.05) is 11.5 Å². The van der Waals surface area contributed by atoms with Gasteiger partial charge in [-0.05, 0) is 38.0 Å². The number of amides is 1. The molecular weight excluding hydrogens is 496 g/mol. The molecule has 2 aromatic heterocycles. The summed E-state index contributed by atoms with van der Waals surface area (Å²) in [6.07, 6.45) is -7.51. The Morgan fingerprint density at radius 1 is 1.23 bits per heavy atom. The number of nitrogens with zero attached hydrogens (tertiary/aromatic N) is 3. The molecule has 3 heterocycles. The van der Waals surface area contributed by atoms with E-state index >= 15 is 0 Å². The molecular formula is C21H20F4N4O5S. The maximum absolute atomic E-state index is 13.7. The van der Waals surface area contributed by atoms with Gasteiger partial charge in [0.1, 0.15) is 15.6 Å². The average molecular weight is 516 g/mol. The van der Waals surface area contributed by atoms with Gasteiger partial charge in [-0.15, -0.1) is 0 Å². The van der Waals surface area contributed by atoms with E-state index in [0.29, 0.717) is 0 Å². The van der Waals surface area contributed by atoms with Crippen molar-refractivity contribution < 1.29 is 35.5 Å². The molecule has 4 rings (SSSR count). The number of sulfone groups is 1. The minimum atomic E-state index is -4.76. The van der Waals surface area contributed by atoms with Crippen molar-refractivity contribution in [3.05, 3.63) is 52.6 Å². The van der Waals surface area contributed by atoms with Crippen molar-refractivity contribution in [3.8, 4) is 11.4 Å². The Hall–Kier alpha value is -3.42. The fraction of sp³-hybridized carbons (Fsp3) is 0.381. The molecule has 0 aliphatic carbocycles. The molecule has 1 aromatic carbocycles. The Kier molecular flexibility index (Phi) is 5.90. The molecule has 1 aliphatic heterocycles. The lowest BCUT2D eigenvalue weighted by Gasteiger charge is -2.34. The van der Waals surface area contributed by atoms with Crippen LogP contribution in [0.4, 0.5) is 17.6 Å². The quantitative estimate of drug-likeness (QED) is 0.502. The Bertz CT molecular complexity index is 1470. The molecule has 0 bridgehead atoms. The van der Waals surface area contributed by atoms with Crippen LogP contribution in [0, 0.1) is 0 Å². The number of carbonyl (C=O) groups is 1. The molecule has 188 valence electrons. The number of ether oxygens (including phenoxy) is 1. The number of hydrogen-bond donors (Lipinski definition) is 1. The summed E-state index contributed by atoms with van der Waals surface area (Å²) in [5.41, 5.74) is 3.83. The van der Waals surface area contributed by atoms with E-state index in [0.717, 1.165) is 22.9 Å². The fourth-order valence-corrected chi connectivity index (χ4v) is 5.76. The van der Waals surface area contributed by atoms with Crippen LogP contribution < -0.4 is 16.2 Å². The number of hydrogen-bond acceptors (Lipinski definition) is 6. The third-order valence-electron chi connectivity index (χ3n) is 5.99. The number of benzene rings is 1. The lowest BCUT2D eigenvalue weighted by molar-refractivity contribution is -0.253. The number of primary amides is 1. The van der Waals surface area contributed by atoms with E-state index in [4.69, 9.17) is 5.73 Å². The van der Waals surface area contributed by atoms with E-state index in [-0.39, 0.29) is 46.8 Å². The molecule has 14 heteroatoms. The van der Waals surface area contributed by atoms with E-state index in [9.17, 15) is 35.6 Å². The highest BCUT2D eigenvalue weighted by atomic mass is 32.2. The van der Waals surface area contributed by atoms with Gasteiger partial charge in [-0.1, -0.05) is 6.07 Å². The van der Waals surface area contributed by atoms with E-state index in [1.807, 2.05) is 0 Å². The average Bonchev–Trinajstić information content (AvgIpc) is 3.07. The first-order valence-electron chi connectivity index (χ1n) is 10.3. The maximum atomic E-state index is 13.7. The molecule has 1 aliphatic rings. The van der Waals surface area contributed by atoms with E-state index in [2.05, 4.69) is 9.72 Å². The van der Waals surface area contributed by atoms with Gasteiger partial charge >= 0.3 is 18.2 Å². The van der Waals surface area contributed by atoms with Crippen molar-refractivity contribution in [3.63, 3.8) is 0 Å². The normalized spacial score (nSPS) is 17.5. The maximum Gasteiger partial charge on any atom is 0.461 e. The summed E-state index contributed by atoms with van der Waals surface area (Å²) in [5, 5.41) is 0. The molecule has 0 spiro atoms. The molecule has 9 nitrogen and oxygen atoms in total. The zero-order valence-corrected chi connectivity index (χ0v) is 19.1. The number of aromatic nitrogens is 3. The van der Waals surface area contributed by atoms with Crippen molar-refractivity contribution >= 4 is 26.9 Å². The number of nitrogens with two attached hydrogens (primary N) is 1. The fourth-order valence-electron chi connectivity index (χ4n) is 4.05. The Morgan fingerprint density at radius 3 is 2.49 bits per heavy atom. The van der Waals surface area contributed by atoms with Crippen LogP contribution >= 0.6 is 0 Å². The van der Waals surface area contributed by atoms with Crippen molar-refractivity contribution in [1.29, 1.82) is 0 Å². The lowest BCUT2D eigenvalue weighted by Crippen LogP contribution is -2.44. The van der Waals surface area contributed by atoms with Crippen LogP contribution in [-0.2, 0) is 15.4 Å². The molecule has 0 atom stereocenters. The molecule has 0 saturated carbocycles. The smallest absolute Gasteiger partial charge is 0.428 e. The van der Waals surface area contributed by atoms with Crippen LogP contribution in [0.25, 0.3) is 16.9 Å². The first-order chi connectivity index (χ1) is 16.2. The van der Waals surface area contributed by atoms with Gasteiger partial charge in [0.15, 0.2) is 5.65 Å². The number of rotatable bonds is 6. The molecule has 35 heavy (non-hydrogen) atoms. The molecule has 1 amide bonds. The predicted molar refractivity (Wildman–Crippen MR) is 117 cm³/mol.